The Kier molecular flexibility index (Phi) is 6.10. The number of hydrogen-bond acceptors (Lipinski definition) is 3. The van der Waals surface area contributed by atoms with Gasteiger partial charge in [-0.15, -0.1) is 0 Å². The zero-order valence-electron chi connectivity index (χ0n) is 10.2. The van der Waals surface area contributed by atoms with E-state index >= 15 is 0 Å². The van der Waals surface area contributed by atoms with Gasteiger partial charge in [0.2, 0.25) is 5.91 Å². The predicted octanol–water partition coefficient (Wildman–Crippen LogP) is 1.09. The first-order valence-electron chi connectivity index (χ1n) is 5.86. The number of carbonyl (C=O) groups excluding carboxylic acids is 1. The maximum atomic E-state index is 11.5. The van der Waals surface area contributed by atoms with E-state index in [-0.39, 0.29) is 5.91 Å². The number of amides is 1. The van der Waals surface area contributed by atoms with E-state index in [9.17, 15) is 4.79 Å². The molecule has 1 rings (SSSR count). The molecule has 0 fully saturated rings. The first-order chi connectivity index (χ1) is 8.27. The topological polar surface area (TPSA) is 64.3 Å². The minimum atomic E-state index is 0.0596. The van der Waals surface area contributed by atoms with Crippen LogP contribution < -0.4 is 15.8 Å². The number of aryl methyl sites for hydroxylation is 1. The summed E-state index contributed by atoms with van der Waals surface area (Å²) in [6.07, 6.45) is 1.99. The SMILES string of the molecule is COc1ccccc1CCC(=O)NCCCN. The summed E-state index contributed by atoms with van der Waals surface area (Å²) in [6, 6.07) is 7.75. The van der Waals surface area contributed by atoms with E-state index < -0.39 is 0 Å². The second-order valence-electron chi connectivity index (χ2n) is 3.80. The molecule has 3 N–H and O–H groups in total. The highest BCUT2D eigenvalue weighted by molar-refractivity contribution is 5.76. The molecule has 0 heterocycles. The van der Waals surface area contributed by atoms with Crippen LogP contribution in [0, 0.1) is 0 Å². The van der Waals surface area contributed by atoms with Gasteiger partial charge in [-0.2, -0.15) is 0 Å². The minimum absolute atomic E-state index is 0.0596. The Bertz CT molecular complexity index is 353. The van der Waals surface area contributed by atoms with Gasteiger partial charge in [0.25, 0.3) is 0 Å². The molecule has 0 unspecified atom stereocenters. The highest BCUT2D eigenvalue weighted by Crippen LogP contribution is 2.18. The third-order valence-corrected chi connectivity index (χ3v) is 2.52. The molecular formula is C13H20N2O2. The molecule has 4 nitrogen and oxygen atoms in total. The molecule has 0 saturated carbocycles. The molecule has 1 aromatic rings. The number of methoxy groups -OCH3 is 1. The third kappa shape index (κ3) is 4.87. The van der Waals surface area contributed by atoms with Gasteiger partial charge in [-0.05, 0) is 31.0 Å². The maximum Gasteiger partial charge on any atom is 0.220 e. The van der Waals surface area contributed by atoms with Crippen molar-refractivity contribution in [3.8, 4) is 5.75 Å². The number of hydrogen-bond donors (Lipinski definition) is 2. The van der Waals surface area contributed by atoms with Gasteiger partial charge in [0.15, 0.2) is 0 Å². The monoisotopic (exact) mass is 236 g/mol. The number of nitrogens with one attached hydrogen (secondary N) is 1. The molecule has 0 saturated heterocycles. The van der Waals surface area contributed by atoms with Gasteiger partial charge < -0.3 is 15.8 Å². The van der Waals surface area contributed by atoms with Gasteiger partial charge in [0.1, 0.15) is 5.75 Å². The van der Waals surface area contributed by atoms with E-state index in [2.05, 4.69) is 5.32 Å². The summed E-state index contributed by atoms with van der Waals surface area (Å²) >= 11 is 0. The van der Waals surface area contributed by atoms with E-state index in [0.29, 0.717) is 25.9 Å². The highest BCUT2D eigenvalue weighted by atomic mass is 16.5. The highest BCUT2D eigenvalue weighted by Gasteiger charge is 2.05. The largest absolute Gasteiger partial charge is 0.496 e. The second-order valence-corrected chi connectivity index (χ2v) is 3.80. The number of rotatable bonds is 7. The average molecular weight is 236 g/mol. The Morgan fingerprint density at radius 2 is 2.18 bits per heavy atom. The molecule has 0 spiro atoms. The number of para-hydroxylation sites is 1. The molecule has 0 aromatic heterocycles. The molecule has 0 aliphatic carbocycles. The lowest BCUT2D eigenvalue weighted by atomic mass is 10.1. The van der Waals surface area contributed by atoms with Crippen LogP contribution in [0.15, 0.2) is 24.3 Å². The van der Waals surface area contributed by atoms with Crippen molar-refractivity contribution in [2.24, 2.45) is 5.73 Å². The first kappa shape index (κ1) is 13.5. The summed E-state index contributed by atoms with van der Waals surface area (Å²) in [5.41, 5.74) is 6.41. The van der Waals surface area contributed by atoms with Gasteiger partial charge in [-0.1, -0.05) is 18.2 Å². The van der Waals surface area contributed by atoms with Crippen LogP contribution in [0.1, 0.15) is 18.4 Å². The fourth-order valence-electron chi connectivity index (χ4n) is 1.58. The molecule has 17 heavy (non-hydrogen) atoms. The summed E-state index contributed by atoms with van der Waals surface area (Å²) in [6.45, 7) is 1.26. The van der Waals surface area contributed by atoms with Crippen LogP contribution in [-0.4, -0.2) is 26.1 Å². The average Bonchev–Trinajstić information content (AvgIpc) is 2.37. The van der Waals surface area contributed by atoms with E-state index in [0.717, 1.165) is 17.7 Å². The van der Waals surface area contributed by atoms with E-state index in [4.69, 9.17) is 10.5 Å². The fourth-order valence-corrected chi connectivity index (χ4v) is 1.58. The van der Waals surface area contributed by atoms with Gasteiger partial charge in [-0.3, -0.25) is 4.79 Å². The molecule has 4 heteroatoms. The van der Waals surface area contributed by atoms with Crippen molar-refractivity contribution in [3.63, 3.8) is 0 Å². The Hall–Kier alpha value is -1.55. The van der Waals surface area contributed by atoms with Crippen LogP contribution in [0.25, 0.3) is 0 Å². The number of nitrogens with two attached hydrogens (primary N) is 1. The second kappa shape index (κ2) is 7.68. The molecule has 0 atom stereocenters. The van der Waals surface area contributed by atoms with Crippen LogP contribution in [0.3, 0.4) is 0 Å². The van der Waals surface area contributed by atoms with E-state index in [1.54, 1.807) is 7.11 Å². The van der Waals surface area contributed by atoms with Crippen molar-refractivity contribution in [2.75, 3.05) is 20.2 Å². The number of ether oxygens (including phenoxy) is 1. The van der Waals surface area contributed by atoms with Gasteiger partial charge in [0, 0.05) is 13.0 Å². The molecular weight excluding hydrogens is 216 g/mol. The minimum Gasteiger partial charge on any atom is -0.496 e. The number of benzene rings is 1. The van der Waals surface area contributed by atoms with Crippen molar-refractivity contribution in [1.82, 2.24) is 5.32 Å². The zero-order valence-corrected chi connectivity index (χ0v) is 10.2. The summed E-state index contributed by atoms with van der Waals surface area (Å²) in [5, 5.41) is 2.83. The summed E-state index contributed by atoms with van der Waals surface area (Å²) in [7, 11) is 1.64. The normalized spacial score (nSPS) is 10.0. The first-order valence-corrected chi connectivity index (χ1v) is 5.86. The van der Waals surface area contributed by atoms with Crippen molar-refractivity contribution < 1.29 is 9.53 Å². The van der Waals surface area contributed by atoms with Crippen molar-refractivity contribution >= 4 is 5.91 Å². The molecule has 0 radical (unpaired) electrons. The lowest BCUT2D eigenvalue weighted by Crippen LogP contribution is -2.26. The summed E-state index contributed by atoms with van der Waals surface area (Å²) < 4.78 is 5.23. The Morgan fingerprint density at radius 1 is 1.41 bits per heavy atom. The van der Waals surface area contributed by atoms with Crippen molar-refractivity contribution in [3.05, 3.63) is 29.8 Å². The molecule has 0 aliphatic rings. The lowest BCUT2D eigenvalue weighted by molar-refractivity contribution is -0.121. The van der Waals surface area contributed by atoms with Crippen LogP contribution >= 0.6 is 0 Å². The van der Waals surface area contributed by atoms with Gasteiger partial charge in [-0.25, -0.2) is 0 Å². The van der Waals surface area contributed by atoms with Crippen molar-refractivity contribution in [2.45, 2.75) is 19.3 Å². The van der Waals surface area contributed by atoms with Crippen LogP contribution in [0.4, 0.5) is 0 Å². The third-order valence-electron chi connectivity index (χ3n) is 2.52. The molecule has 1 aromatic carbocycles. The zero-order chi connectivity index (χ0) is 12.5. The Balaban J connectivity index is 2.36. The molecule has 94 valence electrons. The van der Waals surface area contributed by atoms with E-state index in [1.165, 1.54) is 0 Å². The Labute approximate surface area is 102 Å². The molecule has 1 amide bonds. The number of carbonyl (C=O) groups is 1. The van der Waals surface area contributed by atoms with Gasteiger partial charge in [0.05, 0.1) is 7.11 Å². The summed E-state index contributed by atoms with van der Waals surface area (Å²) in [4.78, 5) is 11.5. The Morgan fingerprint density at radius 3 is 2.88 bits per heavy atom. The predicted molar refractivity (Wildman–Crippen MR) is 68.0 cm³/mol. The van der Waals surface area contributed by atoms with Crippen LogP contribution in [0.5, 0.6) is 5.75 Å². The standard InChI is InChI=1S/C13H20N2O2/c1-17-12-6-3-2-5-11(12)7-8-13(16)15-10-4-9-14/h2-3,5-6H,4,7-10,14H2,1H3,(H,15,16). The van der Waals surface area contributed by atoms with Crippen LogP contribution in [0.2, 0.25) is 0 Å². The quantitative estimate of drug-likeness (QED) is 0.697. The molecule has 0 aliphatic heterocycles. The molecule has 0 bridgehead atoms. The maximum absolute atomic E-state index is 11.5. The van der Waals surface area contributed by atoms with E-state index in [1.807, 2.05) is 24.3 Å². The lowest BCUT2D eigenvalue weighted by Gasteiger charge is -2.08. The smallest absolute Gasteiger partial charge is 0.220 e. The van der Waals surface area contributed by atoms with Crippen molar-refractivity contribution in [1.29, 1.82) is 0 Å². The van der Waals surface area contributed by atoms with Crippen LogP contribution in [-0.2, 0) is 11.2 Å². The summed E-state index contributed by atoms with van der Waals surface area (Å²) in [5.74, 6) is 0.895. The fraction of sp³-hybridized carbons (Fsp3) is 0.462. The van der Waals surface area contributed by atoms with Gasteiger partial charge >= 0.3 is 0 Å².